The normalized spacial score (nSPS) is 13.0. The van der Waals surface area contributed by atoms with Gasteiger partial charge < -0.3 is 9.84 Å². The number of hydrogen-bond acceptors (Lipinski definition) is 3. The molecule has 2 aromatic rings. The van der Waals surface area contributed by atoms with Crippen molar-refractivity contribution in [1.82, 2.24) is 4.98 Å². The molecule has 0 radical (unpaired) electrons. The van der Waals surface area contributed by atoms with Gasteiger partial charge in [-0.1, -0.05) is 44.2 Å². The van der Waals surface area contributed by atoms with Crippen LogP contribution in [-0.4, -0.2) is 17.2 Å². The Kier molecular flexibility index (Phi) is 4.97. The molecule has 0 aliphatic rings. The quantitative estimate of drug-likeness (QED) is 0.875. The lowest BCUT2D eigenvalue weighted by Gasteiger charge is -2.37. The smallest absolute Gasteiger partial charge is 0.137 e. The third kappa shape index (κ3) is 2.93. The Balaban J connectivity index is 2.46. The van der Waals surface area contributed by atoms with Crippen LogP contribution < -0.4 is 4.74 Å². The van der Waals surface area contributed by atoms with Crippen molar-refractivity contribution in [2.45, 2.75) is 38.2 Å². The summed E-state index contributed by atoms with van der Waals surface area (Å²) in [6, 6.07) is 12.1. The minimum Gasteiger partial charge on any atom is -0.495 e. The highest BCUT2D eigenvalue weighted by atomic mass is 16.5. The molecular formula is C18H23NO2. The first-order valence-electron chi connectivity index (χ1n) is 7.40. The van der Waals surface area contributed by atoms with E-state index < -0.39 is 6.10 Å². The van der Waals surface area contributed by atoms with E-state index >= 15 is 0 Å². The van der Waals surface area contributed by atoms with Gasteiger partial charge in [-0.3, -0.25) is 4.98 Å². The molecule has 0 bridgehead atoms. The maximum Gasteiger partial charge on any atom is 0.137 e. The van der Waals surface area contributed by atoms with Crippen molar-refractivity contribution in [2.24, 2.45) is 0 Å². The highest BCUT2D eigenvalue weighted by molar-refractivity contribution is 5.33. The van der Waals surface area contributed by atoms with E-state index in [1.165, 1.54) is 0 Å². The van der Waals surface area contributed by atoms with Crippen LogP contribution in [0, 0.1) is 0 Å². The van der Waals surface area contributed by atoms with E-state index in [1.807, 2.05) is 24.3 Å². The van der Waals surface area contributed by atoms with E-state index in [2.05, 4.69) is 31.0 Å². The van der Waals surface area contributed by atoms with Crippen LogP contribution in [0.1, 0.15) is 43.9 Å². The second kappa shape index (κ2) is 6.72. The highest BCUT2D eigenvalue weighted by Crippen LogP contribution is 2.43. The van der Waals surface area contributed by atoms with Gasteiger partial charge in [0.05, 0.1) is 19.4 Å². The maximum absolute atomic E-state index is 11.0. The van der Waals surface area contributed by atoms with Gasteiger partial charge in [0.25, 0.3) is 0 Å². The summed E-state index contributed by atoms with van der Waals surface area (Å²) < 4.78 is 5.22. The summed E-state index contributed by atoms with van der Waals surface area (Å²) >= 11 is 0. The molecule has 3 nitrogen and oxygen atoms in total. The third-order valence-corrected chi connectivity index (χ3v) is 4.42. The molecule has 1 aromatic heterocycles. The Labute approximate surface area is 126 Å². The Bertz CT molecular complexity index is 564. The summed E-state index contributed by atoms with van der Waals surface area (Å²) in [4.78, 5) is 4.17. The Morgan fingerprint density at radius 1 is 1.14 bits per heavy atom. The van der Waals surface area contributed by atoms with E-state index in [0.29, 0.717) is 5.75 Å². The molecule has 1 N–H and O–H groups in total. The molecule has 1 unspecified atom stereocenters. The van der Waals surface area contributed by atoms with Crippen LogP contribution in [0.5, 0.6) is 5.75 Å². The summed E-state index contributed by atoms with van der Waals surface area (Å²) in [6.07, 6.45) is 4.46. The fourth-order valence-electron chi connectivity index (χ4n) is 2.99. The van der Waals surface area contributed by atoms with Crippen LogP contribution in [0.25, 0.3) is 0 Å². The monoisotopic (exact) mass is 285 g/mol. The predicted molar refractivity (Wildman–Crippen MR) is 84.5 cm³/mol. The summed E-state index contributed by atoms with van der Waals surface area (Å²) in [5.74, 6) is 0.667. The number of pyridine rings is 1. The molecule has 0 aliphatic heterocycles. The Morgan fingerprint density at radius 2 is 1.81 bits per heavy atom. The predicted octanol–water partition coefficient (Wildman–Crippen LogP) is 3.88. The lowest BCUT2D eigenvalue weighted by Crippen LogP contribution is -2.32. The zero-order valence-corrected chi connectivity index (χ0v) is 12.9. The van der Waals surface area contributed by atoms with Crippen LogP contribution in [-0.2, 0) is 5.41 Å². The zero-order valence-electron chi connectivity index (χ0n) is 12.9. The number of aliphatic hydroxyl groups excluding tert-OH is 1. The molecule has 0 fully saturated rings. The first-order chi connectivity index (χ1) is 10.2. The number of nitrogens with zero attached hydrogens (tertiary/aromatic N) is 1. The van der Waals surface area contributed by atoms with Gasteiger partial charge in [-0.2, -0.15) is 0 Å². The van der Waals surface area contributed by atoms with Gasteiger partial charge in [-0.25, -0.2) is 0 Å². The van der Waals surface area contributed by atoms with Crippen LogP contribution in [0.2, 0.25) is 0 Å². The van der Waals surface area contributed by atoms with Crippen LogP contribution in [0.4, 0.5) is 0 Å². The van der Waals surface area contributed by atoms with Crippen LogP contribution in [0.3, 0.4) is 0 Å². The zero-order chi connectivity index (χ0) is 15.3. The van der Waals surface area contributed by atoms with Gasteiger partial charge in [0.1, 0.15) is 5.75 Å². The van der Waals surface area contributed by atoms with Gasteiger partial charge in [-0.15, -0.1) is 0 Å². The number of aromatic nitrogens is 1. The third-order valence-electron chi connectivity index (χ3n) is 4.42. The van der Waals surface area contributed by atoms with Crippen molar-refractivity contribution in [3.05, 3.63) is 59.9 Å². The van der Waals surface area contributed by atoms with E-state index in [-0.39, 0.29) is 5.41 Å². The second-order valence-corrected chi connectivity index (χ2v) is 5.29. The molecule has 1 heterocycles. The summed E-state index contributed by atoms with van der Waals surface area (Å²) in [5, 5.41) is 11.0. The van der Waals surface area contributed by atoms with Crippen molar-refractivity contribution in [3.63, 3.8) is 0 Å². The van der Waals surface area contributed by atoms with Crippen molar-refractivity contribution in [2.75, 3.05) is 7.11 Å². The van der Waals surface area contributed by atoms with Crippen LogP contribution in [0.15, 0.2) is 48.8 Å². The molecule has 2 rings (SSSR count). The van der Waals surface area contributed by atoms with Crippen molar-refractivity contribution >= 4 is 0 Å². The summed E-state index contributed by atoms with van der Waals surface area (Å²) in [7, 11) is 1.61. The Morgan fingerprint density at radius 3 is 2.38 bits per heavy atom. The number of rotatable bonds is 6. The molecule has 0 saturated carbocycles. The molecule has 0 aliphatic carbocycles. The minimum absolute atomic E-state index is 0.310. The van der Waals surface area contributed by atoms with Crippen LogP contribution >= 0.6 is 0 Å². The number of benzene rings is 1. The lowest BCUT2D eigenvalue weighted by atomic mass is 9.69. The fraction of sp³-hybridized carbons (Fsp3) is 0.389. The van der Waals surface area contributed by atoms with Crippen molar-refractivity contribution in [1.29, 1.82) is 0 Å². The number of aliphatic hydroxyl groups is 1. The van der Waals surface area contributed by atoms with E-state index in [1.54, 1.807) is 19.5 Å². The van der Waals surface area contributed by atoms with E-state index in [9.17, 15) is 5.11 Å². The molecule has 0 spiro atoms. The summed E-state index contributed by atoms with van der Waals surface area (Å²) in [5.41, 5.74) is 1.64. The topological polar surface area (TPSA) is 42.4 Å². The molecule has 3 heteroatoms. The average Bonchev–Trinajstić information content (AvgIpc) is 2.57. The number of hydrogen-bond donors (Lipinski definition) is 1. The van der Waals surface area contributed by atoms with Gasteiger partial charge in [0.15, 0.2) is 0 Å². The fourth-order valence-corrected chi connectivity index (χ4v) is 2.99. The molecular weight excluding hydrogens is 262 g/mol. The first-order valence-corrected chi connectivity index (χ1v) is 7.40. The molecule has 1 aromatic carbocycles. The van der Waals surface area contributed by atoms with E-state index in [0.717, 1.165) is 24.0 Å². The minimum atomic E-state index is -0.613. The maximum atomic E-state index is 11.0. The average molecular weight is 285 g/mol. The first kappa shape index (κ1) is 15.5. The lowest BCUT2D eigenvalue weighted by molar-refractivity contribution is 0.0722. The molecule has 0 amide bonds. The van der Waals surface area contributed by atoms with Crippen molar-refractivity contribution < 1.29 is 9.84 Å². The van der Waals surface area contributed by atoms with Gasteiger partial charge >= 0.3 is 0 Å². The highest BCUT2D eigenvalue weighted by Gasteiger charge is 2.37. The van der Waals surface area contributed by atoms with Gasteiger partial charge in [-0.05, 0) is 24.5 Å². The number of methoxy groups -OCH3 is 1. The molecule has 1 atom stereocenters. The summed E-state index contributed by atoms with van der Waals surface area (Å²) in [6.45, 7) is 4.24. The van der Waals surface area contributed by atoms with Gasteiger partial charge in [0.2, 0.25) is 0 Å². The Hall–Kier alpha value is -1.87. The van der Waals surface area contributed by atoms with Gasteiger partial charge in [0, 0.05) is 17.2 Å². The van der Waals surface area contributed by atoms with E-state index in [4.69, 9.17) is 4.74 Å². The van der Waals surface area contributed by atoms with Crippen molar-refractivity contribution in [3.8, 4) is 5.75 Å². The number of ether oxygens (including phenoxy) is 1. The molecule has 112 valence electrons. The second-order valence-electron chi connectivity index (χ2n) is 5.29. The largest absolute Gasteiger partial charge is 0.495 e. The molecule has 21 heavy (non-hydrogen) atoms. The molecule has 0 saturated heterocycles. The SMILES string of the molecule is CCC(CC)(c1ccccc1)C(O)c1cncc(OC)c1. The standard InChI is InChI=1S/C18H23NO2/c1-4-18(5-2,15-9-7-6-8-10-15)17(20)14-11-16(21-3)13-19-12-14/h6-13,17,20H,4-5H2,1-3H3.